The zero-order valence-electron chi connectivity index (χ0n) is 17.2. The quantitative estimate of drug-likeness (QED) is 0.481. The Morgan fingerprint density at radius 3 is 2.75 bits per heavy atom. The van der Waals surface area contributed by atoms with Crippen LogP contribution in [0.2, 0.25) is 0 Å². The summed E-state index contributed by atoms with van der Waals surface area (Å²) in [5.41, 5.74) is 1.73. The summed E-state index contributed by atoms with van der Waals surface area (Å²) in [5.74, 6) is -4.88. The highest BCUT2D eigenvalue weighted by molar-refractivity contribution is 6.04. The maximum atomic E-state index is 13.0. The highest BCUT2D eigenvalue weighted by Crippen LogP contribution is 2.25. The molecule has 3 aromatic heterocycles. The van der Waals surface area contributed by atoms with Gasteiger partial charge in [0, 0.05) is 30.7 Å². The largest absolute Gasteiger partial charge is 0.471 e. The normalized spacial score (nSPS) is 12.9. The number of ether oxygens (including phenoxy) is 1. The molecule has 0 bridgehead atoms. The number of nitrogens with one attached hydrogen (secondary N) is 1. The van der Waals surface area contributed by atoms with Gasteiger partial charge < -0.3 is 15.2 Å². The van der Waals surface area contributed by atoms with E-state index in [2.05, 4.69) is 20.4 Å². The number of aromatic nitrogens is 4. The van der Waals surface area contributed by atoms with Crippen molar-refractivity contribution < 1.29 is 32.2 Å². The number of halogens is 4. The van der Waals surface area contributed by atoms with Crippen molar-refractivity contribution in [2.24, 2.45) is 0 Å². The fourth-order valence-electron chi connectivity index (χ4n) is 2.85. The van der Waals surface area contributed by atoms with E-state index in [0.717, 1.165) is 0 Å². The number of hydrogen-bond acceptors (Lipinski definition) is 6. The van der Waals surface area contributed by atoms with E-state index in [-0.39, 0.29) is 24.7 Å². The van der Waals surface area contributed by atoms with Gasteiger partial charge in [-0.15, -0.1) is 0 Å². The van der Waals surface area contributed by atoms with Gasteiger partial charge in [0.05, 0.1) is 23.6 Å². The van der Waals surface area contributed by atoms with Crippen LogP contribution in [0.15, 0.2) is 30.7 Å². The van der Waals surface area contributed by atoms with Crippen LogP contribution in [0.5, 0.6) is 5.88 Å². The van der Waals surface area contributed by atoms with Gasteiger partial charge in [0.2, 0.25) is 5.88 Å². The molecular weight excluding hydrogens is 434 g/mol. The van der Waals surface area contributed by atoms with E-state index in [0.29, 0.717) is 22.0 Å². The van der Waals surface area contributed by atoms with Gasteiger partial charge in [-0.25, -0.2) is 13.8 Å². The number of aliphatic hydroxyl groups excluding tert-OH is 1. The van der Waals surface area contributed by atoms with Gasteiger partial charge in [0.1, 0.15) is 5.69 Å². The van der Waals surface area contributed by atoms with E-state index in [4.69, 9.17) is 4.74 Å². The Kier molecular flexibility index (Phi) is 6.92. The van der Waals surface area contributed by atoms with Crippen molar-refractivity contribution in [1.82, 2.24) is 25.1 Å². The Labute approximate surface area is 180 Å². The summed E-state index contributed by atoms with van der Waals surface area (Å²) < 4.78 is 56.9. The van der Waals surface area contributed by atoms with Gasteiger partial charge in [-0.1, -0.05) is 0 Å². The highest BCUT2D eigenvalue weighted by Gasteiger charge is 2.42. The Bertz CT molecular complexity index is 1100. The summed E-state index contributed by atoms with van der Waals surface area (Å²) in [6.07, 6.45) is -0.0920. The van der Waals surface area contributed by atoms with Crippen LogP contribution >= 0.6 is 0 Å². The van der Waals surface area contributed by atoms with Gasteiger partial charge in [-0.05, 0) is 31.5 Å². The molecule has 172 valence electrons. The lowest BCUT2D eigenvalue weighted by atomic mass is 10.2. The van der Waals surface area contributed by atoms with Gasteiger partial charge in [0.25, 0.3) is 5.91 Å². The molecule has 0 spiro atoms. The first-order valence-electron chi connectivity index (χ1n) is 9.59. The molecule has 3 aromatic rings. The predicted octanol–water partition coefficient (Wildman–Crippen LogP) is 2.57. The molecule has 0 aliphatic rings. The molecule has 0 radical (unpaired) electrons. The molecule has 2 N–H and O–H groups in total. The van der Waals surface area contributed by atoms with Gasteiger partial charge in [-0.3, -0.25) is 14.5 Å². The predicted molar refractivity (Wildman–Crippen MR) is 106 cm³/mol. The molecule has 8 nitrogen and oxygen atoms in total. The zero-order valence-corrected chi connectivity index (χ0v) is 17.2. The number of amides is 1. The van der Waals surface area contributed by atoms with Crippen LogP contribution in [0.3, 0.4) is 0 Å². The minimum atomic E-state index is -4.27. The average molecular weight is 455 g/mol. The molecule has 3 rings (SSSR count). The fourth-order valence-corrected chi connectivity index (χ4v) is 2.85. The fraction of sp³-hybridized carbons (Fsp3) is 0.400. The highest BCUT2D eigenvalue weighted by atomic mass is 19.3. The zero-order chi connectivity index (χ0) is 23.5. The van der Waals surface area contributed by atoms with Crippen LogP contribution in [0.25, 0.3) is 10.9 Å². The Morgan fingerprint density at radius 1 is 1.34 bits per heavy atom. The van der Waals surface area contributed by atoms with Crippen molar-refractivity contribution in [3.63, 3.8) is 0 Å². The second kappa shape index (κ2) is 9.47. The molecular formula is C20H21F4N5O3. The number of aryl methyl sites for hydroxylation is 1. The summed E-state index contributed by atoms with van der Waals surface area (Å²) in [6.45, 7) is 1.94. The minimum Gasteiger partial charge on any atom is -0.471 e. The van der Waals surface area contributed by atoms with E-state index in [9.17, 15) is 27.5 Å². The molecule has 0 saturated carbocycles. The van der Waals surface area contributed by atoms with E-state index in [1.807, 2.05) is 0 Å². The maximum absolute atomic E-state index is 13.0. The number of carbonyl (C=O) groups is 1. The molecule has 0 aliphatic heterocycles. The summed E-state index contributed by atoms with van der Waals surface area (Å²) in [7, 11) is 0. The third-order valence-electron chi connectivity index (χ3n) is 4.41. The number of rotatable bonds is 9. The first-order chi connectivity index (χ1) is 15.1. The van der Waals surface area contributed by atoms with Crippen molar-refractivity contribution in [3.05, 3.63) is 47.5 Å². The van der Waals surface area contributed by atoms with Crippen LogP contribution in [0.4, 0.5) is 17.6 Å². The first-order valence-corrected chi connectivity index (χ1v) is 9.59. The van der Waals surface area contributed by atoms with Crippen molar-refractivity contribution in [1.29, 1.82) is 0 Å². The summed E-state index contributed by atoms with van der Waals surface area (Å²) in [6, 6.07) is 3.25. The second-order valence-electron chi connectivity index (χ2n) is 7.29. The van der Waals surface area contributed by atoms with Crippen LogP contribution in [0.1, 0.15) is 28.5 Å². The number of carbonyl (C=O) groups excluding carboxylic acids is 1. The lowest BCUT2D eigenvalue weighted by Gasteiger charge is -2.16. The molecule has 0 aliphatic carbocycles. The molecule has 0 unspecified atom stereocenters. The van der Waals surface area contributed by atoms with Crippen LogP contribution in [0, 0.1) is 6.92 Å². The smallest absolute Gasteiger partial charge is 0.340 e. The third kappa shape index (κ3) is 5.49. The molecule has 1 amide bonds. The monoisotopic (exact) mass is 455 g/mol. The Balaban J connectivity index is 1.74. The third-order valence-corrected chi connectivity index (χ3v) is 4.41. The number of fused-ring (bicyclic) bond motifs is 1. The summed E-state index contributed by atoms with van der Waals surface area (Å²) in [4.78, 5) is 20.4. The standard InChI is InChI=1S/C20H21F4N5O3/c1-11-5-13(7-27-18(11)32-10-20(23,24)19(21)22)8-29-9-14-15(28-29)3-4-25-16(14)17(31)26-6-12(2)30/h3-5,7,9,12,19,30H,6,8,10H2,1-2H3,(H,26,31)/t12-/m1/s1. The average Bonchev–Trinajstić information content (AvgIpc) is 3.13. The van der Waals surface area contributed by atoms with Crippen molar-refractivity contribution in [3.8, 4) is 5.88 Å². The van der Waals surface area contributed by atoms with Crippen molar-refractivity contribution in [2.45, 2.75) is 38.8 Å². The maximum Gasteiger partial charge on any atom is 0.340 e. The van der Waals surface area contributed by atoms with E-state index < -0.39 is 31.0 Å². The first kappa shape index (κ1) is 23.4. The number of pyridine rings is 2. The Morgan fingerprint density at radius 2 is 2.09 bits per heavy atom. The van der Waals surface area contributed by atoms with E-state index in [1.165, 1.54) is 12.4 Å². The number of nitrogens with zero attached hydrogens (tertiary/aromatic N) is 4. The van der Waals surface area contributed by atoms with Crippen molar-refractivity contribution in [2.75, 3.05) is 13.2 Å². The minimum absolute atomic E-state index is 0.0770. The van der Waals surface area contributed by atoms with Gasteiger partial charge >= 0.3 is 12.3 Å². The molecule has 3 heterocycles. The lowest BCUT2D eigenvalue weighted by Crippen LogP contribution is -2.34. The van der Waals surface area contributed by atoms with E-state index in [1.54, 1.807) is 36.9 Å². The lowest BCUT2D eigenvalue weighted by molar-refractivity contribution is -0.148. The van der Waals surface area contributed by atoms with Crippen LogP contribution in [-0.4, -0.2) is 62.4 Å². The number of hydrogen-bond donors (Lipinski definition) is 2. The summed E-state index contributed by atoms with van der Waals surface area (Å²) in [5, 5.41) is 16.8. The number of aliphatic hydroxyl groups is 1. The topological polar surface area (TPSA) is 102 Å². The molecule has 12 heteroatoms. The van der Waals surface area contributed by atoms with Crippen LogP contribution < -0.4 is 10.1 Å². The molecule has 1 atom stereocenters. The molecule has 0 aromatic carbocycles. The van der Waals surface area contributed by atoms with Crippen molar-refractivity contribution >= 4 is 16.8 Å². The van der Waals surface area contributed by atoms with Gasteiger partial charge in [-0.2, -0.15) is 13.9 Å². The Hall–Kier alpha value is -3.28. The van der Waals surface area contributed by atoms with E-state index >= 15 is 0 Å². The van der Waals surface area contributed by atoms with Crippen LogP contribution in [-0.2, 0) is 6.54 Å². The molecule has 32 heavy (non-hydrogen) atoms. The van der Waals surface area contributed by atoms with Gasteiger partial charge in [0.15, 0.2) is 6.61 Å². The SMILES string of the molecule is Cc1cc(Cn2cc3c(C(=O)NC[C@@H](C)O)nccc3n2)cnc1OCC(F)(F)C(F)F. The number of alkyl halides is 4. The molecule has 0 fully saturated rings. The second-order valence-corrected chi connectivity index (χ2v) is 7.29. The molecule has 0 saturated heterocycles. The summed E-state index contributed by atoms with van der Waals surface area (Å²) >= 11 is 0.